The molecule has 3 aromatic carbocycles. The van der Waals surface area contributed by atoms with Crippen molar-refractivity contribution in [3.8, 4) is 11.8 Å². The third-order valence-corrected chi connectivity index (χ3v) is 6.27. The largest absolute Gasteiger partial charge is 0.478 e. The maximum absolute atomic E-state index is 12.7. The number of ether oxygens (including phenoxy) is 2. The van der Waals surface area contributed by atoms with Crippen molar-refractivity contribution in [2.45, 2.75) is 30.7 Å². The lowest BCUT2D eigenvalue weighted by atomic mass is 9.74. The highest BCUT2D eigenvalue weighted by Gasteiger charge is 2.57. The Labute approximate surface area is 213 Å². The van der Waals surface area contributed by atoms with Gasteiger partial charge in [-0.15, -0.1) is 5.92 Å². The third kappa shape index (κ3) is 4.96. The molecule has 37 heavy (non-hydrogen) atoms. The Morgan fingerprint density at radius 1 is 0.865 bits per heavy atom. The average Bonchev–Trinajstić information content (AvgIpc) is 3.19. The summed E-state index contributed by atoms with van der Waals surface area (Å²) in [4.78, 5) is 36.7. The van der Waals surface area contributed by atoms with Gasteiger partial charge in [0, 0.05) is 0 Å². The standard InChI is InChI=1S/C29H24O8/c1-2-16-29(35)24(19-12-6-8-14-21(19)26(30)31)23(17-36-28(34)18-10-4-3-5-11-18)37-25(29)20-13-7-9-15-22(20)27(32)33/h3-15,23-25,35H,17H2,1H3,(H,30,31)(H,32,33)/t23-,24+,25?,29-/m0/s1. The van der Waals surface area contributed by atoms with E-state index in [1.54, 1.807) is 54.6 Å². The molecule has 0 radical (unpaired) electrons. The maximum Gasteiger partial charge on any atom is 0.338 e. The molecule has 1 unspecified atom stereocenters. The second-order valence-corrected chi connectivity index (χ2v) is 8.48. The Morgan fingerprint density at radius 3 is 2.00 bits per heavy atom. The quantitative estimate of drug-likeness (QED) is 0.329. The summed E-state index contributed by atoms with van der Waals surface area (Å²) in [6.45, 7) is 1.16. The highest BCUT2D eigenvalue weighted by atomic mass is 16.6. The molecule has 1 saturated heterocycles. The molecule has 1 heterocycles. The van der Waals surface area contributed by atoms with Crippen LogP contribution in [0.3, 0.4) is 0 Å². The summed E-state index contributed by atoms with van der Waals surface area (Å²) in [7, 11) is 0. The molecule has 0 aromatic heterocycles. The van der Waals surface area contributed by atoms with E-state index in [9.17, 15) is 29.7 Å². The lowest BCUT2D eigenvalue weighted by Gasteiger charge is -2.31. The molecule has 0 bridgehead atoms. The zero-order chi connectivity index (χ0) is 26.6. The molecular formula is C29H24O8. The molecule has 4 atom stereocenters. The highest BCUT2D eigenvalue weighted by Crippen LogP contribution is 2.51. The van der Waals surface area contributed by atoms with Crippen molar-refractivity contribution in [1.29, 1.82) is 0 Å². The molecule has 0 aliphatic carbocycles. The molecule has 0 amide bonds. The van der Waals surface area contributed by atoms with Crippen molar-refractivity contribution in [2.24, 2.45) is 0 Å². The van der Waals surface area contributed by atoms with E-state index >= 15 is 0 Å². The van der Waals surface area contributed by atoms with E-state index in [4.69, 9.17) is 9.47 Å². The van der Waals surface area contributed by atoms with Crippen molar-refractivity contribution in [1.82, 2.24) is 0 Å². The Balaban J connectivity index is 1.83. The summed E-state index contributed by atoms with van der Waals surface area (Å²) in [6.07, 6.45) is -2.33. The minimum atomic E-state index is -2.05. The summed E-state index contributed by atoms with van der Waals surface area (Å²) in [6, 6.07) is 20.4. The van der Waals surface area contributed by atoms with Gasteiger partial charge in [0.1, 0.15) is 18.8 Å². The zero-order valence-corrected chi connectivity index (χ0v) is 19.8. The predicted octanol–water partition coefficient (Wildman–Crippen LogP) is 3.92. The second kappa shape index (κ2) is 10.7. The molecule has 3 N–H and O–H groups in total. The SMILES string of the molecule is CC#C[C@@]1(O)C(c2ccccc2C(=O)O)O[C@@H](COC(=O)c2ccccc2)[C@H]1c1ccccc1C(=O)O. The first kappa shape index (κ1) is 25.6. The number of esters is 1. The summed E-state index contributed by atoms with van der Waals surface area (Å²) in [5.41, 5.74) is -1.55. The van der Waals surface area contributed by atoms with Crippen LogP contribution >= 0.6 is 0 Å². The Hall–Kier alpha value is -4.45. The van der Waals surface area contributed by atoms with Crippen LogP contribution in [0.4, 0.5) is 0 Å². The maximum atomic E-state index is 12.7. The Bertz CT molecular complexity index is 1390. The summed E-state index contributed by atoms with van der Waals surface area (Å²) in [5.74, 6) is 1.25. The van der Waals surface area contributed by atoms with Crippen molar-refractivity contribution in [3.05, 3.63) is 107 Å². The van der Waals surface area contributed by atoms with Gasteiger partial charge >= 0.3 is 17.9 Å². The van der Waals surface area contributed by atoms with Crippen LogP contribution in [-0.2, 0) is 9.47 Å². The lowest BCUT2D eigenvalue weighted by molar-refractivity contribution is -0.0361. The number of hydrogen-bond acceptors (Lipinski definition) is 6. The van der Waals surface area contributed by atoms with Crippen molar-refractivity contribution in [3.63, 3.8) is 0 Å². The van der Waals surface area contributed by atoms with Crippen molar-refractivity contribution < 1.29 is 39.2 Å². The van der Waals surface area contributed by atoms with Gasteiger partial charge in [0.05, 0.1) is 22.6 Å². The summed E-state index contributed by atoms with van der Waals surface area (Å²) >= 11 is 0. The van der Waals surface area contributed by atoms with Gasteiger partial charge in [-0.1, -0.05) is 60.5 Å². The van der Waals surface area contributed by atoms with E-state index in [0.29, 0.717) is 5.56 Å². The molecule has 8 heteroatoms. The smallest absolute Gasteiger partial charge is 0.338 e. The highest BCUT2D eigenvalue weighted by molar-refractivity contribution is 5.91. The van der Waals surface area contributed by atoms with Gasteiger partial charge < -0.3 is 24.8 Å². The summed E-state index contributed by atoms with van der Waals surface area (Å²) < 4.78 is 11.7. The van der Waals surface area contributed by atoms with Gasteiger partial charge in [-0.05, 0) is 42.3 Å². The van der Waals surface area contributed by atoms with E-state index in [-0.39, 0.29) is 28.9 Å². The van der Waals surface area contributed by atoms with E-state index in [1.807, 2.05) is 0 Å². The van der Waals surface area contributed by atoms with E-state index < -0.39 is 41.6 Å². The summed E-state index contributed by atoms with van der Waals surface area (Å²) in [5, 5.41) is 31.7. The minimum absolute atomic E-state index is 0.0843. The number of carbonyl (C=O) groups excluding carboxylic acids is 1. The molecule has 1 aliphatic rings. The molecule has 1 aliphatic heterocycles. The topological polar surface area (TPSA) is 130 Å². The van der Waals surface area contributed by atoms with Crippen molar-refractivity contribution in [2.75, 3.05) is 6.61 Å². The van der Waals surface area contributed by atoms with E-state index in [2.05, 4.69) is 11.8 Å². The second-order valence-electron chi connectivity index (χ2n) is 8.48. The van der Waals surface area contributed by atoms with Gasteiger partial charge in [0.25, 0.3) is 0 Å². The van der Waals surface area contributed by atoms with Gasteiger partial charge in [-0.3, -0.25) is 0 Å². The van der Waals surface area contributed by atoms with Crippen LogP contribution in [0.2, 0.25) is 0 Å². The van der Waals surface area contributed by atoms with E-state index in [0.717, 1.165) is 0 Å². The van der Waals surface area contributed by atoms with Crippen LogP contribution in [0.15, 0.2) is 78.9 Å². The van der Waals surface area contributed by atoms with Crippen LogP contribution in [0.25, 0.3) is 0 Å². The monoisotopic (exact) mass is 500 g/mol. The van der Waals surface area contributed by atoms with Crippen LogP contribution in [0, 0.1) is 11.8 Å². The zero-order valence-electron chi connectivity index (χ0n) is 19.8. The number of hydrogen-bond donors (Lipinski definition) is 3. The van der Waals surface area contributed by atoms with Gasteiger partial charge in [-0.2, -0.15) is 0 Å². The van der Waals surface area contributed by atoms with Gasteiger partial charge in [0.2, 0.25) is 0 Å². The molecular weight excluding hydrogens is 476 g/mol. The third-order valence-electron chi connectivity index (χ3n) is 6.27. The number of carbonyl (C=O) groups is 3. The minimum Gasteiger partial charge on any atom is -0.478 e. The molecule has 8 nitrogen and oxygen atoms in total. The molecule has 188 valence electrons. The molecule has 4 rings (SSSR count). The lowest BCUT2D eigenvalue weighted by Crippen LogP contribution is -2.40. The van der Waals surface area contributed by atoms with Gasteiger partial charge in [0.15, 0.2) is 5.60 Å². The fourth-order valence-electron chi connectivity index (χ4n) is 4.73. The first-order chi connectivity index (χ1) is 17.8. The van der Waals surface area contributed by atoms with Crippen molar-refractivity contribution >= 4 is 17.9 Å². The number of aromatic carboxylic acids is 2. The Kier molecular flexibility index (Phi) is 7.39. The predicted molar refractivity (Wildman–Crippen MR) is 132 cm³/mol. The van der Waals surface area contributed by atoms with Crippen LogP contribution in [0.5, 0.6) is 0 Å². The average molecular weight is 501 g/mol. The number of rotatable bonds is 7. The fraction of sp³-hybridized carbons (Fsp3) is 0.207. The number of carboxylic acid groups (broad SMARTS) is 2. The first-order valence-corrected chi connectivity index (χ1v) is 11.5. The van der Waals surface area contributed by atoms with Gasteiger partial charge in [-0.25, -0.2) is 14.4 Å². The fourth-order valence-corrected chi connectivity index (χ4v) is 4.73. The first-order valence-electron chi connectivity index (χ1n) is 11.5. The van der Waals surface area contributed by atoms with Crippen LogP contribution < -0.4 is 0 Å². The normalized spacial score (nSPS) is 22.5. The number of carboxylic acids is 2. The van der Waals surface area contributed by atoms with Crippen LogP contribution in [0.1, 0.15) is 61.1 Å². The number of benzene rings is 3. The van der Waals surface area contributed by atoms with E-state index in [1.165, 1.54) is 31.2 Å². The van der Waals surface area contributed by atoms with Crippen LogP contribution in [-0.4, -0.2) is 51.5 Å². The number of aliphatic hydroxyl groups is 1. The molecule has 1 fully saturated rings. The molecule has 0 spiro atoms. The Morgan fingerprint density at radius 2 is 1.41 bits per heavy atom. The molecule has 0 saturated carbocycles. The molecule has 3 aromatic rings.